The van der Waals surface area contributed by atoms with Gasteiger partial charge in [-0.25, -0.2) is 0 Å². The number of nitrogens with one attached hydrogen (secondary N) is 1. The summed E-state index contributed by atoms with van der Waals surface area (Å²) in [6.45, 7) is 5.21. The Balaban J connectivity index is 2.26. The summed E-state index contributed by atoms with van der Waals surface area (Å²) in [5.41, 5.74) is -0.0841. The van der Waals surface area contributed by atoms with E-state index < -0.39 is 0 Å². The van der Waals surface area contributed by atoms with E-state index in [1.54, 1.807) is 0 Å². The highest BCUT2D eigenvalue weighted by atomic mass is 32.1. The first-order chi connectivity index (χ1) is 6.63. The van der Waals surface area contributed by atoms with Gasteiger partial charge in [0.2, 0.25) is 5.91 Å². The highest BCUT2D eigenvalue weighted by Gasteiger charge is 2.52. The van der Waals surface area contributed by atoms with Gasteiger partial charge >= 0.3 is 0 Å². The summed E-state index contributed by atoms with van der Waals surface area (Å²) in [6.07, 6.45) is 2.86. The molecule has 1 N–H and O–H groups in total. The lowest BCUT2D eigenvalue weighted by Gasteiger charge is -2.35. The number of hydrogen-bond acceptors (Lipinski definition) is 3. The molecule has 2 unspecified atom stereocenters. The molecule has 0 saturated carbocycles. The molecule has 2 atom stereocenters. The van der Waals surface area contributed by atoms with E-state index in [0.29, 0.717) is 5.25 Å². The normalized spacial score (nSPS) is 35.8. The van der Waals surface area contributed by atoms with Crippen LogP contribution in [0.15, 0.2) is 0 Å². The number of carbonyl (C=O) groups excluding carboxylic acids is 1. The van der Waals surface area contributed by atoms with E-state index >= 15 is 0 Å². The molecule has 2 saturated heterocycles. The Morgan fingerprint density at radius 2 is 2.21 bits per heavy atom. The zero-order valence-electron chi connectivity index (χ0n) is 8.79. The van der Waals surface area contributed by atoms with Crippen LogP contribution in [0.1, 0.15) is 33.1 Å². The fraction of sp³-hybridized carbons (Fsp3) is 0.900. The Kier molecular flexibility index (Phi) is 2.52. The first-order valence-electron chi connectivity index (χ1n) is 5.40. The van der Waals surface area contributed by atoms with Gasteiger partial charge in [0, 0.05) is 11.8 Å². The fourth-order valence-electron chi connectivity index (χ4n) is 2.75. The number of carbonyl (C=O) groups is 1. The topological polar surface area (TPSA) is 32.3 Å². The number of rotatable bonds is 2. The van der Waals surface area contributed by atoms with Gasteiger partial charge in [0.25, 0.3) is 0 Å². The molecule has 2 aliphatic heterocycles. The molecule has 80 valence electrons. The van der Waals surface area contributed by atoms with Crippen molar-refractivity contribution in [3.63, 3.8) is 0 Å². The van der Waals surface area contributed by atoms with Crippen molar-refractivity contribution in [2.24, 2.45) is 0 Å². The molecule has 0 aromatic rings. The molecule has 2 fully saturated rings. The predicted octanol–water partition coefficient (Wildman–Crippen LogP) is 1.01. The number of hydrogen-bond donors (Lipinski definition) is 2. The molecule has 0 aliphatic carbocycles. The van der Waals surface area contributed by atoms with Crippen molar-refractivity contribution in [3.8, 4) is 0 Å². The second-order valence-electron chi connectivity index (χ2n) is 4.29. The van der Waals surface area contributed by atoms with Crippen molar-refractivity contribution in [3.05, 3.63) is 0 Å². The maximum atomic E-state index is 11.7. The Morgan fingerprint density at radius 3 is 2.79 bits per heavy atom. The molecule has 14 heavy (non-hydrogen) atoms. The Hall–Kier alpha value is -0.220. The Bertz CT molecular complexity index is 253. The average Bonchev–Trinajstić information content (AvgIpc) is 2.66. The summed E-state index contributed by atoms with van der Waals surface area (Å²) in [7, 11) is 0. The van der Waals surface area contributed by atoms with Crippen LogP contribution < -0.4 is 5.32 Å². The molecule has 4 heteroatoms. The highest BCUT2D eigenvalue weighted by Crippen LogP contribution is 2.36. The summed E-state index contributed by atoms with van der Waals surface area (Å²) in [6, 6.07) is 0.0809. The van der Waals surface area contributed by atoms with Crippen molar-refractivity contribution in [2.75, 3.05) is 6.54 Å². The minimum Gasteiger partial charge on any atom is -0.336 e. The molecule has 0 spiro atoms. The van der Waals surface area contributed by atoms with Gasteiger partial charge in [0.05, 0.1) is 11.7 Å². The quantitative estimate of drug-likeness (QED) is 0.672. The summed E-state index contributed by atoms with van der Waals surface area (Å²) in [5.74, 6) is 0.199. The smallest absolute Gasteiger partial charge is 0.238 e. The Morgan fingerprint density at radius 1 is 1.57 bits per heavy atom. The molecule has 3 nitrogen and oxygen atoms in total. The second-order valence-corrected chi connectivity index (χ2v) is 5.02. The zero-order chi connectivity index (χ0) is 10.3. The van der Waals surface area contributed by atoms with Gasteiger partial charge in [0.1, 0.15) is 0 Å². The maximum Gasteiger partial charge on any atom is 0.238 e. The molecule has 2 heterocycles. The van der Waals surface area contributed by atoms with Gasteiger partial charge < -0.3 is 5.32 Å². The molecular formula is C10H18N2OS. The molecule has 0 aromatic heterocycles. The van der Waals surface area contributed by atoms with Gasteiger partial charge in [-0.1, -0.05) is 13.8 Å². The lowest BCUT2D eigenvalue weighted by molar-refractivity contribution is -0.121. The third kappa shape index (κ3) is 1.27. The van der Waals surface area contributed by atoms with E-state index in [4.69, 9.17) is 0 Å². The summed E-state index contributed by atoms with van der Waals surface area (Å²) in [5, 5.41) is 3.51. The molecule has 1 amide bonds. The van der Waals surface area contributed by atoms with Crippen LogP contribution in [0.3, 0.4) is 0 Å². The monoisotopic (exact) mass is 214 g/mol. The predicted molar refractivity (Wildman–Crippen MR) is 59.3 cm³/mol. The van der Waals surface area contributed by atoms with Crippen LogP contribution in [-0.4, -0.2) is 34.3 Å². The average molecular weight is 214 g/mol. The SMILES string of the molecule is CCC1(CC)NC(=O)C2CC(S)CN21. The minimum atomic E-state index is -0.0841. The Labute approximate surface area is 90.6 Å². The van der Waals surface area contributed by atoms with Crippen molar-refractivity contribution in [1.82, 2.24) is 10.2 Å². The van der Waals surface area contributed by atoms with Gasteiger partial charge in [-0.15, -0.1) is 0 Å². The zero-order valence-corrected chi connectivity index (χ0v) is 9.68. The largest absolute Gasteiger partial charge is 0.336 e. The van der Waals surface area contributed by atoms with E-state index in [9.17, 15) is 4.79 Å². The van der Waals surface area contributed by atoms with E-state index in [2.05, 4.69) is 36.7 Å². The van der Waals surface area contributed by atoms with Crippen molar-refractivity contribution in [1.29, 1.82) is 0 Å². The van der Waals surface area contributed by atoms with E-state index in [1.807, 2.05) is 0 Å². The standard InChI is InChI=1S/C10H18N2OS/c1-3-10(4-2)11-9(13)8-5-7(14)6-12(8)10/h7-8,14H,3-6H2,1-2H3,(H,11,13). The molecule has 0 aromatic carbocycles. The first-order valence-corrected chi connectivity index (χ1v) is 5.91. The van der Waals surface area contributed by atoms with Crippen LogP contribution >= 0.6 is 12.6 Å². The summed E-state index contributed by atoms with van der Waals surface area (Å²) in [4.78, 5) is 14.1. The van der Waals surface area contributed by atoms with E-state index in [0.717, 1.165) is 25.8 Å². The lowest BCUT2D eigenvalue weighted by atomic mass is 10.0. The van der Waals surface area contributed by atoms with Crippen LogP contribution in [-0.2, 0) is 4.79 Å². The van der Waals surface area contributed by atoms with Gasteiger partial charge in [0.15, 0.2) is 0 Å². The van der Waals surface area contributed by atoms with Gasteiger partial charge in [-0.2, -0.15) is 12.6 Å². The van der Waals surface area contributed by atoms with Crippen LogP contribution in [0.5, 0.6) is 0 Å². The number of thiol groups is 1. The van der Waals surface area contributed by atoms with Crippen molar-refractivity contribution >= 4 is 18.5 Å². The molecular weight excluding hydrogens is 196 g/mol. The molecule has 2 aliphatic rings. The molecule has 2 rings (SSSR count). The first kappa shape index (κ1) is 10.3. The molecule has 0 radical (unpaired) electrons. The van der Waals surface area contributed by atoms with Crippen LogP contribution in [0.2, 0.25) is 0 Å². The van der Waals surface area contributed by atoms with Crippen molar-refractivity contribution < 1.29 is 4.79 Å². The highest BCUT2D eigenvalue weighted by molar-refractivity contribution is 7.81. The summed E-state index contributed by atoms with van der Waals surface area (Å²) < 4.78 is 0. The number of nitrogens with zero attached hydrogens (tertiary/aromatic N) is 1. The lowest BCUT2D eigenvalue weighted by Crippen LogP contribution is -2.51. The van der Waals surface area contributed by atoms with Gasteiger partial charge in [-0.05, 0) is 19.3 Å². The third-order valence-electron chi connectivity index (χ3n) is 3.66. The maximum absolute atomic E-state index is 11.7. The van der Waals surface area contributed by atoms with Crippen LogP contribution in [0.25, 0.3) is 0 Å². The summed E-state index contributed by atoms with van der Waals surface area (Å²) >= 11 is 4.47. The second kappa shape index (κ2) is 3.42. The van der Waals surface area contributed by atoms with Gasteiger partial charge in [-0.3, -0.25) is 9.69 Å². The van der Waals surface area contributed by atoms with E-state index in [1.165, 1.54) is 0 Å². The fourth-order valence-corrected chi connectivity index (χ4v) is 3.13. The van der Waals surface area contributed by atoms with Crippen molar-refractivity contribution in [2.45, 2.75) is 50.1 Å². The minimum absolute atomic E-state index is 0.0809. The van der Waals surface area contributed by atoms with E-state index in [-0.39, 0.29) is 17.6 Å². The van der Waals surface area contributed by atoms with Crippen LogP contribution in [0.4, 0.5) is 0 Å². The third-order valence-corrected chi connectivity index (χ3v) is 4.03. The number of amides is 1. The number of fused-ring (bicyclic) bond motifs is 1. The molecule has 0 bridgehead atoms. The van der Waals surface area contributed by atoms with Crippen LogP contribution in [0, 0.1) is 0 Å².